The molecule has 2 aromatic carbocycles. The van der Waals surface area contributed by atoms with Gasteiger partial charge in [0.25, 0.3) is 5.91 Å². The van der Waals surface area contributed by atoms with Gasteiger partial charge in [0.1, 0.15) is 0 Å². The molecule has 0 radical (unpaired) electrons. The standard InChI is InChI=1S/C24H32N2O/c1-5-17-26(18-16-21-10-8-7-9-11-21)24(27)23-14-12-22(13-15-23)19-25(6-2)20(3)4/h5,7-15,20H,1,6,16-19H2,2-4H3. The molecule has 0 aliphatic carbocycles. The Bertz CT molecular complexity index is 707. The van der Waals surface area contributed by atoms with Gasteiger partial charge in [-0.15, -0.1) is 6.58 Å². The maximum Gasteiger partial charge on any atom is 0.254 e. The Morgan fingerprint density at radius 3 is 2.26 bits per heavy atom. The maximum atomic E-state index is 12.9. The lowest BCUT2D eigenvalue weighted by atomic mass is 10.1. The molecule has 0 aromatic heterocycles. The van der Waals surface area contributed by atoms with E-state index in [1.54, 1.807) is 6.08 Å². The van der Waals surface area contributed by atoms with Crippen LogP contribution in [0.3, 0.4) is 0 Å². The van der Waals surface area contributed by atoms with Crippen molar-refractivity contribution < 1.29 is 4.79 Å². The highest BCUT2D eigenvalue weighted by Crippen LogP contribution is 2.12. The number of hydrogen-bond acceptors (Lipinski definition) is 2. The molecular formula is C24H32N2O. The lowest BCUT2D eigenvalue weighted by Gasteiger charge is -2.25. The summed E-state index contributed by atoms with van der Waals surface area (Å²) in [4.78, 5) is 17.2. The highest BCUT2D eigenvalue weighted by Gasteiger charge is 2.15. The summed E-state index contributed by atoms with van der Waals surface area (Å²) < 4.78 is 0. The van der Waals surface area contributed by atoms with Gasteiger partial charge in [-0.3, -0.25) is 9.69 Å². The summed E-state index contributed by atoms with van der Waals surface area (Å²) in [6.45, 7) is 13.6. The molecule has 0 unspecified atom stereocenters. The topological polar surface area (TPSA) is 23.6 Å². The molecule has 27 heavy (non-hydrogen) atoms. The Kier molecular flexibility index (Phi) is 8.28. The zero-order chi connectivity index (χ0) is 19.6. The molecule has 2 rings (SSSR count). The molecule has 2 aromatic rings. The highest BCUT2D eigenvalue weighted by molar-refractivity contribution is 5.94. The minimum Gasteiger partial charge on any atom is -0.335 e. The third-order valence-corrected chi connectivity index (χ3v) is 4.87. The molecule has 0 saturated carbocycles. The van der Waals surface area contributed by atoms with Crippen LogP contribution in [0.15, 0.2) is 67.3 Å². The van der Waals surface area contributed by atoms with Gasteiger partial charge in [-0.25, -0.2) is 0 Å². The van der Waals surface area contributed by atoms with Crippen LogP contribution in [0, 0.1) is 0 Å². The van der Waals surface area contributed by atoms with Crippen LogP contribution in [-0.2, 0) is 13.0 Å². The monoisotopic (exact) mass is 364 g/mol. The molecule has 0 atom stereocenters. The molecule has 3 heteroatoms. The van der Waals surface area contributed by atoms with Crippen molar-refractivity contribution in [1.29, 1.82) is 0 Å². The Balaban J connectivity index is 2.03. The number of carbonyl (C=O) groups is 1. The Hall–Kier alpha value is -2.39. The summed E-state index contributed by atoms with van der Waals surface area (Å²) in [5.41, 5.74) is 3.21. The van der Waals surface area contributed by atoms with E-state index in [1.165, 1.54) is 11.1 Å². The Morgan fingerprint density at radius 2 is 1.70 bits per heavy atom. The first-order valence-electron chi connectivity index (χ1n) is 9.82. The molecule has 3 nitrogen and oxygen atoms in total. The van der Waals surface area contributed by atoms with E-state index in [9.17, 15) is 4.79 Å². The number of hydrogen-bond donors (Lipinski definition) is 0. The van der Waals surface area contributed by atoms with Crippen molar-refractivity contribution in [2.45, 2.75) is 39.8 Å². The Morgan fingerprint density at radius 1 is 1.04 bits per heavy atom. The van der Waals surface area contributed by atoms with Gasteiger partial charge in [0, 0.05) is 31.2 Å². The number of carbonyl (C=O) groups excluding carboxylic acids is 1. The second-order valence-corrected chi connectivity index (χ2v) is 7.13. The van der Waals surface area contributed by atoms with E-state index < -0.39 is 0 Å². The van der Waals surface area contributed by atoms with Crippen molar-refractivity contribution in [2.75, 3.05) is 19.6 Å². The predicted octanol–water partition coefficient (Wildman–Crippen LogP) is 4.79. The molecule has 0 bridgehead atoms. The van der Waals surface area contributed by atoms with Crippen LogP contribution in [0.1, 0.15) is 42.3 Å². The normalized spacial score (nSPS) is 11.0. The first kappa shape index (κ1) is 20.9. The van der Waals surface area contributed by atoms with Gasteiger partial charge in [-0.05, 0) is 50.1 Å². The average Bonchev–Trinajstić information content (AvgIpc) is 2.69. The summed E-state index contributed by atoms with van der Waals surface area (Å²) in [6.07, 6.45) is 2.64. The second-order valence-electron chi connectivity index (χ2n) is 7.13. The van der Waals surface area contributed by atoms with Gasteiger partial charge < -0.3 is 4.90 Å². The van der Waals surface area contributed by atoms with Crippen LogP contribution < -0.4 is 0 Å². The second kappa shape index (κ2) is 10.7. The molecule has 0 fully saturated rings. The summed E-state index contributed by atoms with van der Waals surface area (Å²) in [7, 11) is 0. The minimum atomic E-state index is 0.0635. The SMILES string of the molecule is C=CCN(CCc1ccccc1)C(=O)c1ccc(CN(CC)C(C)C)cc1. The summed E-state index contributed by atoms with van der Waals surface area (Å²) in [5, 5.41) is 0. The lowest BCUT2D eigenvalue weighted by molar-refractivity contribution is 0.0775. The molecule has 0 aliphatic heterocycles. The molecular weight excluding hydrogens is 332 g/mol. The van der Waals surface area contributed by atoms with Gasteiger partial charge in [0.15, 0.2) is 0 Å². The van der Waals surface area contributed by atoms with Gasteiger partial charge in [-0.2, -0.15) is 0 Å². The summed E-state index contributed by atoms with van der Waals surface area (Å²) >= 11 is 0. The average molecular weight is 365 g/mol. The minimum absolute atomic E-state index is 0.0635. The smallest absolute Gasteiger partial charge is 0.254 e. The van der Waals surface area contributed by atoms with Gasteiger partial charge in [0.05, 0.1) is 0 Å². The lowest BCUT2D eigenvalue weighted by Crippen LogP contribution is -2.33. The Labute approximate surface area is 164 Å². The number of rotatable bonds is 10. The van der Waals surface area contributed by atoms with Crippen molar-refractivity contribution in [2.24, 2.45) is 0 Å². The molecule has 144 valence electrons. The first-order valence-corrected chi connectivity index (χ1v) is 9.82. The number of amides is 1. The fraction of sp³-hybridized carbons (Fsp3) is 0.375. The highest BCUT2D eigenvalue weighted by atomic mass is 16.2. The van der Waals surface area contributed by atoms with Crippen LogP contribution in [-0.4, -0.2) is 41.4 Å². The van der Waals surface area contributed by atoms with Crippen LogP contribution in [0.4, 0.5) is 0 Å². The number of nitrogens with zero attached hydrogens (tertiary/aromatic N) is 2. The van der Waals surface area contributed by atoms with E-state index in [4.69, 9.17) is 0 Å². The van der Waals surface area contributed by atoms with Crippen molar-refractivity contribution in [3.05, 3.63) is 83.9 Å². The van der Waals surface area contributed by atoms with Crippen molar-refractivity contribution in [3.8, 4) is 0 Å². The zero-order valence-corrected chi connectivity index (χ0v) is 16.9. The van der Waals surface area contributed by atoms with Crippen LogP contribution >= 0.6 is 0 Å². The molecule has 0 N–H and O–H groups in total. The van der Waals surface area contributed by atoms with E-state index in [1.807, 2.05) is 35.2 Å². The van der Waals surface area contributed by atoms with Crippen molar-refractivity contribution in [1.82, 2.24) is 9.80 Å². The maximum absolute atomic E-state index is 12.9. The van der Waals surface area contributed by atoms with Crippen molar-refractivity contribution >= 4 is 5.91 Å². The van der Waals surface area contributed by atoms with Crippen LogP contribution in [0.25, 0.3) is 0 Å². The number of benzene rings is 2. The third-order valence-electron chi connectivity index (χ3n) is 4.87. The largest absolute Gasteiger partial charge is 0.335 e. The molecule has 0 saturated heterocycles. The van der Waals surface area contributed by atoms with Gasteiger partial charge in [-0.1, -0.05) is 55.5 Å². The third kappa shape index (κ3) is 6.37. The zero-order valence-electron chi connectivity index (χ0n) is 16.9. The van der Waals surface area contributed by atoms with Crippen molar-refractivity contribution in [3.63, 3.8) is 0 Å². The predicted molar refractivity (Wildman–Crippen MR) is 114 cm³/mol. The van der Waals surface area contributed by atoms with E-state index >= 15 is 0 Å². The van der Waals surface area contributed by atoms with E-state index in [0.717, 1.165) is 25.1 Å². The molecule has 0 heterocycles. The summed E-state index contributed by atoms with van der Waals surface area (Å²) in [5.74, 6) is 0.0635. The fourth-order valence-electron chi connectivity index (χ4n) is 3.17. The fourth-order valence-corrected chi connectivity index (χ4v) is 3.17. The molecule has 0 spiro atoms. The molecule has 1 amide bonds. The van der Waals surface area contributed by atoms with Gasteiger partial charge >= 0.3 is 0 Å². The van der Waals surface area contributed by atoms with Crippen LogP contribution in [0.2, 0.25) is 0 Å². The molecule has 0 aliphatic rings. The van der Waals surface area contributed by atoms with E-state index in [-0.39, 0.29) is 5.91 Å². The summed E-state index contributed by atoms with van der Waals surface area (Å²) in [6, 6.07) is 18.8. The quantitative estimate of drug-likeness (QED) is 0.566. The van der Waals surface area contributed by atoms with E-state index in [0.29, 0.717) is 19.1 Å². The van der Waals surface area contributed by atoms with Gasteiger partial charge in [0.2, 0.25) is 0 Å². The first-order chi connectivity index (χ1) is 13.0. The van der Waals surface area contributed by atoms with Crippen LogP contribution in [0.5, 0.6) is 0 Å². The van der Waals surface area contributed by atoms with E-state index in [2.05, 4.69) is 56.5 Å².